The highest BCUT2D eigenvalue weighted by Crippen LogP contribution is 2.20. The van der Waals surface area contributed by atoms with Gasteiger partial charge in [-0.05, 0) is 37.4 Å². The van der Waals surface area contributed by atoms with Gasteiger partial charge in [-0.3, -0.25) is 0 Å². The van der Waals surface area contributed by atoms with Crippen molar-refractivity contribution in [2.24, 2.45) is 0 Å². The van der Waals surface area contributed by atoms with Gasteiger partial charge in [0, 0.05) is 5.57 Å². The van der Waals surface area contributed by atoms with E-state index in [4.69, 9.17) is 10.0 Å². The maximum Gasteiger partial charge on any atom is 0.487 e. The highest BCUT2D eigenvalue weighted by molar-refractivity contribution is 6.51. The van der Waals surface area contributed by atoms with E-state index in [1.807, 2.05) is 19.9 Å². The molecule has 0 atom stereocenters. The Labute approximate surface area is 109 Å². The van der Waals surface area contributed by atoms with E-state index >= 15 is 0 Å². The van der Waals surface area contributed by atoms with E-state index in [-0.39, 0.29) is 11.0 Å². The molecule has 18 heavy (non-hydrogen) atoms. The number of hydrogen-bond acceptors (Lipinski definition) is 2. The third-order valence-corrected chi connectivity index (χ3v) is 2.58. The first-order valence-corrected chi connectivity index (χ1v) is 5.75. The molecule has 0 radical (unpaired) electrons. The zero-order valence-electron chi connectivity index (χ0n) is 11.2. The summed E-state index contributed by atoms with van der Waals surface area (Å²) in [5.74, 6) is -0.621. The molecule has 0 unspecified atom stereocenters. The molecule has 98 valence electrons. The van der Waals surface area contributed by atoms with E-state index < -0.39 is 12.9 Å². The highest BCUT2D eigenvalue weighted by Gasteiger charge is 2.12. The molecule has 0 aromatic heterocycles. The fourth-order valence-corrected chi connectivity index (χ4v) is 0.998. The summed E-state index contributed by atoms with van der Waals surface area (Å²) in [7, 11) is -1.75. The Morgan fingerprint density at radius 3 is 2.22 bits per heavy atom. The maximum atomic E-state index is 13.7. The van der Waals surface area contributed by atoms with Crippen molar-refractivity contribution in [1.82, 2.24) is 0 Å². The van der Waals surface area contributed by atoms with Gasteiger partial charge in [-0.2, -0.15) is 0 Å². The van der Waals surface area contributed by atoms with Crippen LogP contribution in [0.3, 0.4) is 0 Å². The van der Waals surface area contributed by atoms with Crippen molar-refractivity contribution in [3.63, 3.8) is 0 Å². The van der Waals surface area contributed by atoms with Gasteiger partial charge < -0.3 is 10.0 Å². The van der Waals surface area contributed by atoms with Crippen LogP contribution in [-0.4, -0.2) is 17.2 Å². The Hall–Kier alpha value is -1.39. The minimum atomic E-state index is -1.75. The van der Waals surface area contributed by atoms with E-state index in [9.17, 15) is 4.39 Å². The summed E-state index contributed by atoms with van der Waals surface area (Å²) in [6, 6.07) is 0. The van der Waals surface area contributed by atoms with Gasteiger partial charge in [0.15, 0.2) is 0 Å². The largest absolute Gasteiger partial charge is 0.487 e. The zero-order valence-corrected chi connectivity index (χ0v) is 11.2. The molecule has 0 bridgehead atoms. The van der Waals surface area contributed by atoms with Crippen LogP contribution in [0, 0.1) is 0 Å². The molecule has 0 aromatic rings. The van der Waals surface area contributed by atoms with Gasteiger partial charge in [0.2, 0.25) is 0 Å². The van der Waals surface area contributed by atoms with Crippen LogP contribution in [0.15, 0.2) is 59.4 Å². The standard InChI is InChI=1S/C14H20BFO2/c1-6-10(2)7-8-11(3)13(5)14(16)9-12(4)15(17)18/h7-9,17-18H,4-6H2,1-3H3/b10-7+,11-8+,14-9+. The van der Waals surface area contributed by atoms with Crippen LogP contribution in [0.5, 0.6) is 0 Å². The van der Waals surface area contributed by atoms with E-state index in [0.29, 0.717) is 5.57 Å². The van der Waals surface area contributed by atoms with Crippen LogP contribution < -0.4 is 0 Å². The number of halogens is 1. The SMILES string of the molecule is C=C(/C=C(/F)C(=C)/C(C)=C/C=C(\C)CC)B(O)O. The third-order valence-electron chi connectivity index (χ3n) is 2.58. The number of hydrogen-bond donors (Lipinski definition) is 2. The second-order valence-corrected chi connectivity index (χ2v) is 4.14. The predicted octanol–water partition coefficient (Wildman–Crippen LogP) is 3.27. The van der Waals surface area contributed by atoms with Crippen molar-refractivity contribution in [1.29, 1.82) is 0 Å². The predicted molar refractivity (Wildman–Crippen MR) is 75.5 cm³/mol. The summed E-state index contributed by atoms with van der Waals surface area (Å²) < 4.78 is 13.7. The number of rotatable bonds is 6. The average molecular weight is 250 g/mol. The second-order valence-electron chi connectivity index (χ2n) is 4.14. The molecule has 0 rings (SSSR count). The Kier molecular flexibility index (Phi) is 7.24. The first kappa shape index (κ1) is 16.6. The Balaban J connectivity index is 4.90. The fourth-order valence-electron chi connectivity index (χ4n) is 0.998. The Morgan fingerprint density at radius 1 is 1.22 bits per heavy atom. The molecule has 2 nitrogen and oxygen atoms in total. The molecule has 0 aliphatic carbocycles. The summed E-state index contributed by atoms with van der Waals surface area (Å²) in [4.78, 5) is 0. The van der Waals surface area contributed by atoms with Crippen molar-refractivity contribution < 1.29 is 14.4 Å². The quantitative estimate of drug-likeness (QED) is 0.561. The van der Waals surface area contributed by atoms with Crippen molar-refractivity contribution in [3.05, 3.63) is 59.4 Å². The summed E-state index contributed by atoms with van der Waals surface area (Å²) in [5, 5.41) is 17.6. The molecule has 0 saturated heterocycles. The molecular weight excluding hydrogens is 230 g/mol. The third kappa shape index (κ3) is 5.80. The van der Waals surface area contributed by atoms with Crippen molar-refractivity contribution in [2.45, 2.75) is 27.2 Å². The normalized spacial score (nSPS) is 13.6. The van der Waals surface area contributed by atoms with Crippen LogP contribution in [0.2, 0.25) is 0 Å². The second kappa shape index (κ2) is 7.85. The molecule has 0 amide bonds. The zero-order chi connectivity index (χ0) is 14.3. The Morgan fingerprint density at radius 2 is 1.78 bits per heavy atom. The molecule has 0 aliphatic heterocycles. The van der Waals surface area contributed by atoms with Crippen molar-refractivity contribution in [3.8, 4) is 0 Å². The summed E-state index contributed by atoms with van der Waals surface area (Å²) in [5.41, 5.74) is 1.96. The monoisotopic (exact) mass is 250 g/mol. The van der Waals surface area contributed by atoms with Crippen LogP contribution in [-0.2, 0) is 0 Å². The van der Waals surface area contributed by atoms with Gasteiger partial charge in [0.1, 0.15) is 5.83 Å². The first-order valence-electron chi connectivity index (χ1n) is 5.75. The fraction of sp³-hybridized carbons (Fsp3) is 0.286. The van der Waals surface area contributed by atoms with Crippen molar-refractivity contribution >= 4 is 7.12 Å². The van der Waals surface area contributed by atoms with Crippen LogP contribution in [0.25, 0.3) is 0 Å². The maximum absolute atomic E-state index is 13.7. The van der Waals surface area contributed by atoms with Gasteiger partial charge in [0.05, 0.1) is 0 Å². The lowest BCUT2D eigenvalue weighted by Gasteiger charge is -2.04. The molecule has 2 N–H and O–H groups in total. The molecular formula is C14H20BFO2. The van der Waals surface area contributed by atoms with E-state index in [2.05, 4.69) is 13.2 Å². The van der Waals surface area contributed by atoms with Crippen molar-refractivity contribution in [2.75, 3.05) is 0 Å². The lowest BCUT2D eigenvalue weighted by molar-refractivity contribution is 0.420. The highest BCUT2D eigenvalue weighted by atomic mass is 19.1. The molecule has 0 aromatic carbocycles. The molecule has 0 fully saturated rings. The average Bonchev–Trinajstić information content (AvgIpc) is 2.33. The van der Waals surface area contributed by atoms with Gasteiger partial charge in [-0.15, -0.1) is 0 Å². The minimum absolute atomic E-state index is 0.110. The topological polar surface area (TPSA) is 40.5 Å². The molecule has 4 heteroatoms. The summed E-state index contributed by atoms with van der Waals surface area (Å²) in [6.45, 7) is 12.7. The van der Waals surface area contributed by atoms with Gasteiger partial charge >= 0.3 is 7.12 Å². The summed E-state index contributed by atoms with van der Waals surface area (Å²) >= 11 is 0. The molecule has 0 heterocycles. The van der Waals surface area contributed by atoms with E-state index in [1.54, 1.807) is 13.0 Å². The Bertz CT molecular complexity index is 418. The van der Waals surface area contributed by atoms with Gasteiger partial charge in [-0.1, -0.05) is 37.8 Å². The van der Waals surface area contributed by atoms with Crippen LogP contribution in [0.1, 0.15) is 27.2 Å². The number of allylic oxidation sites excluding steroid dienone is 8. The van der Waals surface area contributed by atoms with E-state index in [0.717, 1.165) is 12.5 Å². The van der Waals surface area contributed by atoms with E-state index in [1.165, 1.54) is 5.57 Å². The lowest BCUT2D eigenvalue weighted by atomic mass is 9.80. The van der Waals surface area contributed by atoms with Crippen LogP contribution in [0.4, 0.5) is 4.39 Å². The van der Waals surface area contributed by atoms with Gasteiger partial charge in [-0.25, -0.2) is 4.39 Å². The smallest absolute Gasteiger partial charge is 0.423 e. The molecule has 0 saturated carbocycles. The lowest BCUT2D eigenvalue weighted by Crippen LogP contribution is -2.12. The molecule has 0 spiro atoms. The minimum Gasteiger partial charge on any atom is -0.423 e. The van der Waals surface area contributed by atoms with Gasteiger partial charge in [0.25, 0.3) is 0 Å². The summed E-state index contributed by atoms with van der Waals surface area (Å²) in [6.07, 6.45) is 5.60. The first-order chi connectivity index (χ1) is 8.29. The molecule has 0 aliphatic rings. The van der Waals surface area contributed by atoms with Crippen LogP contribution >= 0.6 is 0 Å².